The van der Waals surface area contributed by atoms with Gasteiger partial charge in [0.05, 0.1) is 21.6 Å². The van der Waals surface area contributed by atoms with E-state index in [1.807, 2.05) is 0 Å². The topological polar surface area (TPSA) is 33.1 Å². The smallest absolute Gasteiger partial charge is 0.388 e. The number of hydrogen-bond donors (Lipinski definition) is 1. The summed E-state index contributed by atoms with van der Waals surface area (Å²) >= 11 is 1.23. The van der Waals surface area contributed by atoms with Crippen LogP contribution < -0.4 is 0 Å². The van der Waals surface area contributed by atoms with Crippen molar-refractivity contribution in [2.75, 3.05) is 0 Å². The first-order chi connectivity index (χ1) is 8.88. The molecular formula is C13H12F3NOS. The minimum atomic E-state index is -4.36. The van der Waals surface area contributed by atoms with Gasteiger partial charge in [0.2, 0.25) is 0 Å². The summed E-state index contributed by atoms with van der Waals surface area (Å²) in [5.41, 5.74) is -0.440. The third kappa shape index (κ3) is 3.33. The average molecular weight is 287 g/mol. The van der Waals surface area contributed by atoms with E-state index < -0.39 is 17.8 Å². The van der Waals surface area contributed by atoms with Gasteiger partial charge in [-0.25, -0.2) is 4.98 Å². The Hall–Kier alpha value is -1.40. The number of aliphatic hydroxyl groups is 1. The van der Waals surface area contributed by atoms with Gasteiger partial charge in [0.1, 0.15) is 0 Å². The summed E-state index contributed by atoms with van der Waals surface area (Å²) in [6, 6.07) is 5.47. The molecule has 0 aliphatic rings. The molecule has 0 amide bonds. The Morgan fingerprint density at radius 3 is 2.58 bits per heavy atom. The Morgan fingerprint density at radius 1 is 1.32 bits per heavy atom. The van der Waals surface area contributed by atoms with Crippen LogP contribution in [0.15, 0.2) is 30.5 Å². The van der Waals surface area contributed by atoms with Crippen molar-refractivity contribution in [1.29, 1.82) is 0 Å². The van der Waals surface area contributed by atoms with Crippen molar-refractivity contribution in [2.45, 2.75) is 25.6 Å². The summed E-state index contributed by atoms with van der Waals surface area (Å²) in [6.45, 7) is 1.60. The lowest BCUT2D eigenvalue weighted by molar-refractivity contribution is -0.138. The lowest BCUT2D eigenvalue weighted by Gasteiger charge is -2.11. The third-order valence-electron chi connectivity index (χ3n) is 2.65. The lowest BCUT2D eigenvalue weighted by atomic mass is 10.0. The number of aliphatic hydroxyl groups excluding tert-OH is 1. The van der Waals surface area contributed by atoms with E-state index in [9.17, 15) is 18.3 Å². The second-order valence-corrected chi connectivity index (χ2v) is 5.31. The zero-order chi connectivity index (χ0) is 14.0. The summed E-state index contributed by atoms with van der Waals surface area (Å²) in [7, 11) is 0. The molecule has 0 fully saturated rings. The van der Waals surface area contributed by atoms with Crippen molar-refractivity contribution in [3.8, 4) is 0 Å². The van der Waals surface area contributed by atoms with E-state index in [-0.39, 0.29) is 12.0 Å². The highest BCUT2D eigenvalue weighted by molar-refractivity contribution is 7.11. The molecule has 0 saturated heterocycles. The summed E-state index contributed by atoms with van der Waals surface area (Å²) in [5.74, 6) is 0. The predicted molar refractivity (Wildman–Crippen MR) is 67.0 cm³/mol. The van der Waals surface area contributed by atoms with E-state index in [4.69, 9.17) is 0 Å². The number of thiazole rings is 1. The van der Waals surface area contributed by atoms with Crippen LogP contribution >= 0.6 is 11.3 Å². The van der Waals surface area contributed by atoms with Gasteiger partial charge in [-0.15, -0.1) is 11.3 Å². The van der Waals surface area contributed by atoms with E-state index in [0.717, 1.165) is 6.07 Å². The molecule has 1 unspecified atom stereocenters. The molecular weight excluding hydrogens is 275 g/mol. The monoisotopic (exact) mass is 287 g/mol. The molecule has 19 heavy (non-hydrogen) atoms. The van der Waals surface area contributed by atoms with Crippen molar-refractivity contribution in [1.82, 2.24) is 4.98 Å². The quantitative estimate of drug-likeness (QED) is 0.931. The molecule has 0 aliphatic carbocycles. The van der Waals surface area contributed by atoms with E-state index >= 15 is 0 Å². The molecule has 2 nitrogen and oxygen atoms in total. The molecule has 1 aromatic carbocycles. The van der Waals surface area contributed by atoms with Crippen LogP contribution in [0.1, 0.15) is 34.0 Å². The first kappa shape index (κ1) is 14.0. The molecule has 0 spiro atoms. The summed E-state index contributed by atoms with van der Waals surface area (Å²) in [4.78, 5) is 4.70. The average Bonchev–Trinajstić information content (AvgIpc) is 2.77. The highest BCUT2D eigenvalue weighted by atomic mass is 32.1. The molecule has 0 aliphatic heterocycles. The van der Waals surface area contributed by atoms with Gasteiger partial charge in [0, 0.05) is 12.6 Å². The maximum atomic E-state index is 12.8. The number of nitrogens with zero attached hydrogens (tertiary/aromatic N) is 1. The fraction of sp³-hybridized carbons (Fsp3) is 0.308. The Labute approximate surface area is 112 Å². The van der Waals surface area contributed by atoms with E-state index in [0.29, 0.717) is 9.88 Å². The Kier molecular flexibility index (Phi) is 3.91. The zero-order valence-electron chi connectivity index (χ0n) is 10.1. The predicted octanol–water partition coefficient (Wildman–Crippen LogP) is 3.81. The molecule has 102 valence electrons. The van der Waals surface area contributed by atoms with Gasteiger partial charge < -0.3 is 5.11 Å². The minimum absolute atomic E-state index is 0.118. The molecule has 2 aromatic rings. The van der Waals surface area contributed by atoms with Gasteiger partial charge >= 0.3 is 6.18 Å². The summed E-state index contributed by atoms with van der Waals surface area (Å²) in [5, 5.41) is 9.94. The molecule has 1 N–H and O–H groups in total. The molecule has 1 heterocycles. The Balaban J connectivity index is 2.28. The fourth-order valence-electron chi connectivity index (χ4n) is 1.71. The largest absolute Gasteiger partial charge is 0.416 e. The lowest BCUT2D eigenvalue weighted by Crippen LogP contribution is -2.09. The van der Waals surface area contributed by atoms with Gasteiger partial charge in [-0.05, 0) is 18.6 Å². The van der Waals surface area contributed by atoms with Gasteiger partial charge in [-0.3, -0.25) is 0 Å². The standard InChI is InChI=1S/C13H12F3NOS/c1-8(18)11-7-17-12(19-11)6-9-4-2-3-5-10(9)13(14,15)16/h2-5,7-8,18H,6H2,1H3. The molecule has 0 radical (unpaired) electrons. The van der Waals surface area contributed by atoms with Crippen LogP contribution in [0.4, 0.5) is 13.2 Å². The molecule has 1 aromatic heterocycles. The molecule has 0 saturated carbocycles. The van der Waals surface area contributed by atoms with E-state index in [1.54, 1.807) is 13.0 Å². The van der Waals surface area contributed by atoms with E-state index in [2.05, 4.69) is 4.98 Å². The second kappa shape index (κ2) is 5.30. The first-order valence-electron chi connectivity index (χ1n) is 5.65. The number of benzene rings is 1. The van der Waals surface area contributed by atoms with Gasteiger partial charge in [0.25, 0.3) is 0 Å². The van der Waals surface area contributed by atoms with E-state index in [1.165, 1.54) is 29.7 Å². The van der Waals surface area contributed by atoms with Gasteiger partial charge in [-0.2, -0.15) is 13.2 Å². The molecule has 2 rings (SSSR count). The van der Waals surface area contributed by atoms with Gasteiger partial charge in [0.15, 0.2) is 0 Å². The maximum Gasteiger partial charge on any atom is 0.416 e. The minimum Gasteiger partial charge on any atom is -0.388 e. The van der Waals surface area contributed by atoms with Crippen molar-refractivity contribution < 1.29 is 18.3 Å². The van der Waals surface area contributed by atoms with Crippen molar-refractivity contribution in [2.24, 2.45) is 0 Å². The van der Waals surface area contributed by atoms with Crippen molar-refractivity contribution in [3.63, 3.8) is 0 Å². The highest BCUT2D eigenvalue weighted by Crippen LogP contribution is 2.33. The number of rotatable bonds is 3. The number of halogens is 3. The zero-order valence-corrected chi connectivity index (χ0v) is 10.9. The van der Waals surface area contributed by atoms with Crippen LogP contribution in [-0.4, -0.2) is 10.1 Å². The van der Waals surface area contributed by atoms with Gasteiger partial charge in [-0.1, -0.05) is 18.2 Å². The normalized spacial score (nSPS) is 13.5. The molecule has 0 bridgehead atoms. The second-order valence-electron chi connectivity index (χ2n) is 4.16. The highest BCUT2D eigenvalue weighted by Gasteiger charge is 2.32. The third-order valence-corrected chi connectivity index (χ3v) is 3.82. The van der Waals surface area contributed by atoms with Crippen LogP contribution in [0.5, 0.6) is 0 Å². The first-order valence-corrected chi connectivity index (χ1v) is 6.47. The van der Waals surface area contributed by atoms with Crippen LogP contribution in [0.2, 0.25) is 0 Å². The number of alkyl halides is 3. The molecule has 6 heteroatoms. The van der Waals surface area contributed by atoms with Crippen LogP contribution in [-0.2, 0) is 12.6 Å². The number of hydrogen-bond acceptors (Lipinski definition) is 3. The Morgan fingerprint density at radius 2 is 2.00 bits per heavy atom. The SMILES string of the molecule is CC(O)c1cnc(Cc2ccccc2C(F)(F)F)s1. The van der Waals surface area contributed by atoms with Crippen molar-refractivity contribution >= 4 is 11.3 Å². The van der Waals surface area contributed by atoms with Crippen LogP contribution in [0, 0.1) is 0 Å². The Bertz CT molecular complexity index is 563. The summed E-state index contributed by atoms with van der Waals surface area (Å²) < 4.78 is 38.5. The van der Waals surface area contributed by atoms with Crippen LogP contribution in [0.3, 0.4) is 0 Å². The number of aromatic nitrogens is 1. The summed E-state index contributed by atoms with van der Waals surface area (Å²) in [6.07, 6.45) is -3.39. The fourth-order valence-corrected chi connectivity index (χ4v) is 2.59. The molecule has 1 atom stereocenters. The van der Waals surface area contributed by atoms with Crippen molar-refractivity contribution in [3.05, 3.63) is 51.5 Å². The maximum absolute atomic E-state index is 12.8. The van der Waals surface area contributed by atoms with Crippen LogP contribution in [0.25, 0.3) is 0 Å².